The monoisotopic (exact) mass is 286 g/mol. The number of hydrogen-bond donors (Lipinski definition) is 0. The molecule has 0 radical (unpaired) electrons. The molecule has 1 rings (SSSR count). The molecule has 0 aliphatic heterocycles. The van der Waals surface area contributed by atoms with Crippen molar-refractivity contribution in [3.8, 4) is 11.5 Å². The van der Waals surface area contributed by atoms with Crippen molar-refractivity contribution >= 4 is 13.9 Å². The Bertz CT molecular complexity index is 474. The van der Waals surface area contributed by atoms with E-state index in [1.54, 1.807) is 0 Å². The lowest BCUT2D eigenvalue weighted by molar-refractivity contribution is -0.114. The topological polar surface area (TPSA) is 17.1 Å². The fourth-order valence-electron chi connectivity index (χ4n) is 2.09. The van der Waals surface area contributed by atoms with Crippen LogP contribution in [0.3, 0.4) is 0 Å². The first-order valence-electron chi connectivity index (χ1n) is 7.53. The van der Waals surface area contributed by atoms with E-state index >= 15 is 0 Å². The molecule has 20 heavy (non-hydrogen) atoms. The Hall–Kier alpha value is -1.33. The van der Waals surface area contributed by atoms with Crippen molar-refractivity contribution in [3.05, 3.63) is 35.9 Å². The second-order valence-electron chi connectivity index (χ2n) is 6.38. The van der Waals surface area contributed by atoms with Gasteiger partial charge in [0.1, 0.15) is 8.07 Å². The molecule has 0 bridgehead atoms. The molecule has 1 aromatic carbocycles. The molecule has 0 spiro atoms. The molecule has 1 nitrogen and oxygen atoms in total. The summed E-state index contributed by atoms with van der Waals surface area (Å²) in [7, 11) is -1.46. The molecule has 0 saturated heterocycles. The van der Waals surface area contributed by atoms with Crippen molar-refractivity contribution in [1.82, 2.24) is 0 Å². The Morgan fingerprint density at radius 2 is 1.85 bits per heavy atom. The van der Waals surface area contributed by atoms with E-state index in [0.29, 0.717) is 12.3 Å². The van der Waals surface area contributed by atoms with Crippen LogP contribution >= 0.6 is 0 Å². The van der Waals surface area contributed by atoms with Crippen LogP contribution in [0.4, 0.5) is 0 Å². The maximum atomic E-state index is 12.1. The van der Waals surface area contributed by atoms with E-state index in [9.17, 15) is 4.79 Å². The summed E-state index contributed by atoms with van der Waals surface area (Å²) in [5.41, 5.74) is 4.44. The molecular formula is C18H26OSi. The predicted molar refractivity (Wildman–Crippen MR) is 89.5 cm³/mol. The first-order chi connectivity index (χ1) is 9.42. The summed E-state index contributed by atoms with van der Waals surface area (Å²) < 4.78 is 0. The summed E-state index contributed by atoms with van der Waals surface area (Å²) >= 11 is 0. The molecule has 0 aliphatic carbocycles. The molecule has 0 aliphatic rings. The largest absolute Gasteiger partial charge is 0.285 e. The minimum atomic E-state index is -1.46. The number of rotatable bonds is 6. The second-order valence-corrected chi connectivity index (χ2v) is 11.1. The van der Waals surface area contributed by atoms with Crippen molar-refractivity contribution < 1.29 is 4.79 Å². The SMILES string of the molecule is CCCCC(CC(=O)C#C[Si](C)(C)C)c1ccccc1. The highest BCUT2D eigenvalue weighted by atomic mass is 28.3. The van der Waals surface area contributed by atoms with Gasteiger partial charge in [-0.2, -0.15) is 0 Å². The van der Waals surface area contributed by atoms with Gasteiger partial charge in [-0.1, -0.05) is 69.7 Å². The van der Waals surface area contributed by atoms with Gasteiger partial charge in [-0.15, -0.1) is 5.54 Å². The Balaban J connectivity index is 2.75. The summed E-state index contributed by atoms with van der Waals surface area (Å²) in [6.07, 6.45) is 3.95. The van der Waals surface area contributed by atoms with Crippen LogP contribution in [0, 0.1) is 11.5 Å². The van der Waals surface area contributed by atoms with Crippen LogP contribution in [0.5, 0.6) is 0 Å². The van der Waals surface area contributed by atoms with Crippen molar-refractivity contribution in [1.29, 1.82) is 0 Å². The molecule has 0 fully saturated rings. The van der Waals surface area contributed by atoms with Gasteiger partial charge in [0.15, 0.2) is 0 Å². The van der Waals surface area contributed by atoms with Gasteiger partial charge in [-0.3, -0.25) is 4.79 Å². The smallest absolute Gasteiger partial charge is 0.205 e. The van der Waals surface area contributed by atoms with E-state index in [1.165, 1.54) is 5.56 Å². The summed E-state index contributed by atoms with van der Waals surface area (Å²) in [6.45, 7) is 8.69. The quantitative estimate of drug-likeness (QED) is 0.542. The molecule has 0 aromatic heterocycles. The first-order valence-corrected chi connectivity index (χ1v) is 11.0. The summed E-state index contributed by atoms with van der Waals surface area (Å²) in [5.74, 6) is 3.29. The van der Waals surface area contributed by atoms with Crippen LogP contribution in [-0.4, -0.2) is 13.9 Å². The molecule has 0 N–H and O–H groups in total. The van der Waals surface area contributed by atoms with Gasteiger partial charge >= 0.3 is 0 Å². The third-order valence-electron chi connectivity index (χ3n) is 3.19. The zero-order valence-corrected chi connectivity index (χ0v) is 14.2. The van der Waals surface area contributed by atoms with Gasteiger partial charge in [0, 0.05) is 6.42 Å². The van der Waals surface area contributed by atoms with E-state index in [1.807, 2.05) is 18.2 Å². The van der Waals surface area contributed by atoms with E-state index in [2.05, 4.69) is 50.2 Å². The molecule has 1 atom stereocenters. The molecule has 1 unspecified atom stereocenters. The Kier molecular flexibility index (Phi) is 6.74. The summed E-state index contributed by atoms with van der Waals surface area (Å²) in [5, 5.41) is 0. The Labute approximate surface area is 124 Å². The molecule has 0 amide bonds. The van der Waals surface area contributed by atoms with Gasteiger partial charge in [0.05, 0.1) is 0 Å². The molecular weight excluding hydrogens is 260 g/mol. The lowest BCUT2D eigenvalue weighted by Gasteiger charge is -2.15. The maximum absolute atomic E-state index is 12.1. The third kappa shape index (κ3) is 6.72. The van der Waals surface area contributed by atoms with E-state index < -0.39 is 8.07 Å². The molecule has 1 aromatic rings. The zero-order valence-electron chi connectivity index (χ0n) is 13.2. The van der Waals surface area contributed by atoms with Gasteiger partial charge in [0.25, 0.3) is 0 Å². The number of benzene rings is 1. The van der Waals surface area contributed by atoms with E-state index in [0.717, 1.165) is 19.3 Å². The van der Waals surface area contributed by atoms with Crippen LogP contribution in [-0.2, 0) is 4.79 Å². The molecule has 0 saturated carbocycles. The van der Waals surface area contributed by atoms with Crippen LogP contribution < -0.4 is 0 Å². The predicted octanol–water partition coefficient (Wildman–Crippen LogP) is 4.80. The number of carbonyl (C=O) groups is 1. The number of unbranched alkanes of at least 4 members (excludes halogenated alkanes) is 1. The van der Waals surface area contributed by atoms with E-state index in [4.69, 9.17) is 0 Å². The minimum Gasteiger partial charge on any atom is -0.285 e. The lowest BCUT2D eigenvalue weighted by atomic mass is 9.89. The maximum Gasteiger partial charge on any atom is 0.205 e. The highest BCUT2D eigenvalue weighted by Crippen LogP contribution is 2.25. The van der Waals surface area contributed by atoms with Crippen LogP contribution in [0.15, 0.2) is 30.3 Å². The van der Waals surface area contributed by atoms with Crippen molar-refractivity contribution in [3.63, 3.8) is 0 Å². The molecule has 108 valence electrons. The fourth-order valence-corrected chi connectivity index (χ4v) is 2.61. The average Bonchev–Trinajstić information content (AvgIpc) is 2.41. The number of ketones is 1. The second kappa shape index (κ2) is 8.07. The van der Waals surface area contributed by atoms with Gasteiger partial charge in [-0.25, -0.2) is 0 Å². The third-order valence-corrected chi connectivity index (χ3v) is 4.06. The number of hydrogen-bond acceptors (Lipinski definition) is 1. The normalized spacial score (nSPS) is 12.4. The standard InChI is InChI=1S/C18H26OSi/c1-5-6-10-17(16-11-8-7-9-12-16)15-18(19)13-14-20(2,3)4/h7-9,11-12,17H,5-6,10,15H2,1-4H3. The van der Waals surface area contributed by atoms with Gasteiger partial charge in [0.2, 0.25) is 5.78 Å². The van der Waals surface area contributed by atoms with Crippen molar-refractivity contribution in [2.45, 2.75) is 58.2 Å². The average molecular weight is 286 g/mol. The number of carbonyl (C=O) groups excluding carboxylic acids is 1. The van der Waals surface area contributed by atoms with Gasteiger partial charge in [-0.05, 0) is 23.8 Å². The summed E-state index contributed by atoms with van der Waals surface area (Å²) in [6, 6.07) is 10.4. The van der Waals surface area contributed by atoms with Crippen molar-refractivity contribution in [2.75, 3.05) is 0 Å². The Morgan fingerprint density at radius 1 is 1.20 bits per heavy atom. The molecule has 2 heteroatoms. The molecule has 0 heterocycles. The summed E-state index contributed by atoms with van der Waals surface area (Å²) in [4.78, 5) is 12.1. The Morgan fingerprint density at radius 3 is 2.40 bits per heavy atom. The highest BCUT2D eigenvalue weighted by molar-refractivity contribution is 6.84. The number of Topliss-reactive ketones (excluding diaryl/α,β-unsaturated/α-hetero) is 1. The van der Waals surface area contributed by atoms with Crippen LogP contribution in [0.2, 0.25) is 19.6 Å². The van der Waals surface area contributed by atoms with Crippen LogP contribution in [0.25, 0.3) is 0 Å². The first kappa shape index (κ1) is 16.7. The fraction of sp³-hybridized carbons (Fsp3) is 0.500. The lowest BCUT2D eigenvalue weighted by Crippen LogP contribution is -2.17. The minimum absolute atomic E-state index is 0.0948. The van der Waals surface area contributed by atoms with Gasteiger partial charge < -0.3 is 0 Å². The van der Waals surface area contributed by atoms with E-state index in [-0.39, 0.29) is 5.78 Å². The zero-order chi connectivity index (χ0) is 15.0. The highest BCUT2D eigenvalue weighted by Gasteiger charge is 2.15. The van der Waals surface area contributed by atoms with Crippen molar-refractivity contribution in [2.24, 2.45) is 0 Å². The van der Waals surface area contributed by atoms with Crippen LogP contribution in [0.1, 0.15) is 44.1 Å².